The quantitative estimate of drug-likeness (QED) is 0.661. The van der Waals surface area contributed by atoms with Crippen molar-refractivity contribution in [2.45, 2.75) is 63.5 Å². The lowest BCUT2D eigenvalue weighted by molar-refractivity contribution is 0.0386. The number of fused-ring (bicyclic) bond motifs is 5. The van der Waals surface area contributed by atoms with Crippen LogP contribution in [0.3, 0.4) is 0 Å². The lowest BCUT2D eigenvalue weighted by atomic mass is 9.55. The molecular formula is C23H34N2O2. The lowest BCUT2D eigenvalue weighted by Gasteiger charge is -2.51. The van der Waals surface area contributed by atoms with Crippen LogP contribution < -0.4 is 10.6 Å². The molecule has 27 heavy (non-hydrogen) atoms. The molecule has 3 fully saturated rings. The second-order valence-electron chi connectivity index (χ2n) is 9.87. The van der Waals surface area contributed by atoms with E-state index in [1.807, 2.05) is 12.1 Å². The topological polar surface area (TPSA) is 64.5 Å². The Balaban J connectivity index is 1.31. The summed E-state index contributed by atoms with van der Waals surface area (Å²) in [7, 11) is 0. The van der Waals surface area contributed by atoms with E-state index in [2.05, 4.69) is 23.6 Å². The second kappa shape index (κ2) is 6.75. The minimum Gasteiger partial charge on any atom is -0.508 e. The molecule has 7 atom stereocenters. The maximum absolute atomic E-state index is 10.1. The Kier molecular flexibility index (Phi) is 4.49. The number of phenolic OH excluding ortho intramolecular Hbond substituents is 1. The van der Waals surface area contributed by atoms with Gasteiger partial charge >= 0.3 is 0 Å². The fraction of sp³-hybridized carbons (Fsp3) is 0.739. The van der Waals surface area contributed by atoms with Crippen LogP contribution in [0.25, 0.3) is 0 Å². The van der Waals surface area contributed by atoms with Crippen LogP contribution in [0.1, 0.15) is 56.1 Å². The first-order chi connectivity index (χ1) is 13.1. The summed E-state index contributed by atoms with van der Waals surface area (Å²) in [4.78, 5) is 0. The maximum atomic E-state index is 10.1. The van der Waals surface area contributed by atoms with Gasteiger partial charge in [0.05, 0.1) is 6.10 Å². The number of rotatable bonds is 3. The Labute approximate surface area is 162 Å². The summed E-state index contributed by atoms with van der Waals surface area (Å²) in [5, 5.41) is 27.1. The van der Waals surface area contributed by atoms with Crippen LogP contribution in [0, 0.1) is 23.2 Å². The molecule has 6 unspecified atom stereocenters. The van der Waals surface area contributed by atoms with Crippen LogP contribution in [0.4, 0.5) is 0 Å². The molecule has 5 rings (SSSR count). The Morgan fingerprint density at radius 1 is 1.19 bits per heavy atom. The van der Waals surface area contributed by atoms with E-state index in [-0.39, 0.29) is 6.10 Å². The number of hydrogen-bond acceptors (Lipinski definition) is 4. The maximum Gasteiger partial charge on any atom is 0.115 e. The van der Waals surface area contributed by atoms with Gasteiger partial charge in [-0.2, -0.15) is 0 Å². The first-order valence-corrected chi connectivity index (χ1v) is 11.0. The Hall–Kier alpha value is -1.10. The molecule has 1 saturated heterocycles. The fourth-order valence-electron chi connectivity index (χ4n) is 7.13. The molecule has 4 aliphatic rings. The van der Waals surface area contributed by atoms with Crippen LogP contribution >= 0.6 is 0 Å². The number of aliphatic hydroxyl groups is 1. The third kappa shape index (κ3) is 2.92. The minimum atomic E-state index is -0.190. The fourth-order valence-corrected chi connectivity index (χ4v) is 7.13. The lowest BCUT2D eigenvalue weighted by Crippen LogP contribution is -2.50. The van der Waals surface area contributed by atoms with Crippen molar-refractivity contribution < 1.29 is 10.2 Å². The first kappa shape index (κ1) is 18.0. The van der Waals surface area contributed by atoms with Gasteiger partial charge in [-0.05, 0) is 85.0 Å². The number of benzene rings is 1. The zero-order valence-corrected chi connectivity index (χ0v) is 16.5. The number of phenols is 1. The normalized spacial score (nSPS) is 43.2. The summed E-state index contributed by atoms with van der Waals surface area (Å²) in [6, 6.07) is 6.68. The van der Waals surface area contributed by atoms with Crippen LogP contribution in [-0.4, -0.2) is 42.0 Å². The highest BCUT2D eigenvalue weighted by Crippen LogP contribution is 2.60. The summed E-state index contributed by atoms with van der Waals surface area (Å²) >= 11 is 0. The van der Waals surface area contributed by atoms with Crippen molar-refractivity contribution in [3.63, 3.8) is 0 Å². The Morgan fingerprint density at radius 3 is 2.89 bits per heavy atom. The second-order valence-corrected chi connectivity index (χ2v) is 9.87. The third-order valence-electron chi connectivity index (χ3n) is 8.64. The number of β-amino-alcohol motifs (C(OH)–C–C–N with tert-alkyl or cyclic N) is 1. The average Bonchev–Trinajstić information content (AvgIpc) is 3.22. The number of aryl methyl sites for hydroxylation is 1. The van der Waals surface area contributed by atoms with E-state index in [0.717, 1.165) is 37.9 Å². The molecule has 4 heteroatoms. The van der Waals surface area contributed by atoms with Gasteiger partial charge in [-0.1, -0.05) is 13.0 Å². The molecule has 0 aromatic heterocycles. The van der Waals surface area contributed by atoms with Crippen molar-refractivity contribution in [2.24, 2.45) is 23.2 Å². The Morgan fingerprint density at radius 2 is 2.07 bits per heavy atom. The van der Waals surface area contributed by atoms with Crippen LogP contribution in [0.2, 0.25) is 0 Å². The van der Waals surface area contributed by atoms with Gasteiger partial charge in [0.1, 0.15) is 5.75 Å². The number of hydrogen-bond donors (Lipinski definition) is 4. The van der Waals surface area contributed by atoms with Crippen molar-refractivity contribution >= 4 is 0 Å². The van der Waals surface area contributed by atoms with Crippen molar-refractivity contribution in [2.75, 3.05) is 19.6 Å². The highest BCUT2D eigenvalue weighted by molar-refractivity contribution is 5.40. The molecule has 1 heterocycles. The van der Waals surface area contributed by atoms with Gasteiger partial charge in [-0.25, -0.2) is 0 Å². The molecule has 0 spiro atoms. The first-order valence-electron chi connectivity index (χ1n) is 11.0. The molecule has 1 aromatic carbocycles. The molecule has 1 aromatic rings. The summed E-state index contributed by atoms with van der Waals surface area (Å²) < 4.78 is 0. The molecule has 1 aliphatic heterocycles. The number of nitrogens with one attached hydrogen (secondary N) is 2. The van der Waals surface area contributed by atoms with Gasteiger partial charge in [0.25, 0.3) is 0 Å². The number of aliphatic hydroxyl groups excluding tert-OH is 1. The Bertz CT molecular complexity index is 708. The number of aromatic hydroxyl groups is 1. The highest BCUT2D eigenvalue weighted by atomic mass is 16.3. The van der Waals surface area contributed by atoms with Crippen molar-refractivity contribution in [1.82, 2.24) is 10.6 Å². The highest BCUT2D eigenvalue weighted by Gasteiger charge is 2.54. The third-order valence-corrected chi connectivity index (χ3v) is 8.64. The smallest absolute Gasteiger partial charge is 0.115 e. The van der Waals surface area contributed by atoms with Crippen molar-refractivity contribution in [1.29, 1.82) is 0 Å². The largest absolute Gasteiger partial charge is 0.508 e. The summed E-state index contributed by atoms with van der Waals surface area (Å²) in [6.45, 7) is 5.16. The SMILES string of the molecule is C[C@]12CCC3c4ccc(O)cc4CCC3C1CCC2NCC1CNCC1O. The summed E-state index contributed by atoms with van der Waals surface area (Å²) in [6.07, 6.45) is 7.40. The van der Waals surface area contributed by atoms with Crippen LogP contribution in [0.15, 0.2) is 18.2 Å². The monoisotopic (exact) mass is 370 g/mol. The van der Waals surface area contributed by atoms with Crippen LogP contribution in [-0.2, 0) is 6.42 Å². The molecule has 0 amide bonds. The zero-order valence-electron chi connectivity index (χ0n) is 16.5. The molecule has 0 radical (unpaired) electrons. The van der Waals surface area contributed by atoms with E-state index in [9.17, 15) is 10.2 Å². The average molecular weight is 371 g/mol. The van der Waals surface area contributed by atoms with Gasteiger partial charge in [0.2, 0.25) is 0 Å². The van der Waals surface area contributed by atoms with Gasteiger partial charge in [-0.15, -0.1) is 0 Å². The molecular weight excluding hydrogens is 336 g/mol. The minimum absolute atomic E-state index is 0.190. The molecule has 4 N–H and O–H groups in total. The van der Waals surface area contributed by atoms with Crippen LogP contribution in [0.5, 0.6) is 5.75 Å². The molecule has 148 valence electrons. The van der Waals surface area contributed by atoms with Crippen molar-refractivity contribution in [3.05, 3.63) is 29.3 Å². The van der Waals surface area contributed by atoms with Gasteiger partial charge < -0.3 is 20.8 Å². The van der Waals surface area contributed by atoms with E-state index < -0.39 is 0 Å². The van der Waals surface area contributed by atoms with Gasteiger partial charge in [0.15, 0.2) is 0 Å². The summed E-state index contributed by atoms with van der Waals surface area (Å²) in [5.74, 6) is 3.07. The zero-order chi connectivity index (χ0) is 18.6. The molecule has 4 nitrogen and oxygen atoms in total. The van der Waals surface area contributed by atoms with Crippen molar-refractivity contribution in [3.8, 4) is 5.75 Å². The standard InChI is InChI=1S/C23H34N2O2/c1-23-9-8-18-17-5-3-16(26)10-14(17)2-4-19(18)20(23)6-7-22(23)25-12-15-11-24-13-21(15)27/h3,5,10,15,18-22,24-27H,2,4,6-9,11-13H2,1H3/t15?,18?,19?,20?,21?,22?,23-/m0/s1. The molecule has 0 bridgehead atoms. The van der Waals surface area contributed by atoms with Gasteiger partial charge in [-0.3, -0.25) is 0 Å². The summed E-state index contributed by atoms with van der Waals surface area (Å²) in [5.41, 5.74) is 3.30. The van der Waals surface area contributed by atoms with E-state index in [4.69, 9.17) is 0 Å². The van der Waals surface area contributed by atoms with E-state index in [1.165, 1.54) is 43.2 Å². The van der Waals surface area contributed by atoms with Gasteiger partial charge in [0, 0.05) is 31.6 Å². The molecule has 3 aliphatic carbocycles. The molecule has 2 saturated carbocycles. The van der Waals surface area contributed by atoms with E-state index >= 15 is 0 Å². The predicted molar refractivity (Wildman–Crippen MR) is 107 cm³/mol. The predicted octanol–water partition coefficient (Wildman–Crippen LogP) is 2.79. The van der Waals surface area contributed by atoms with E-state index in [0.29, 0.717) is 29.0 Å². The van der Waals surface area contributed by atoms with E-state index in [1.54, 1.807) is 0 Å².